The molecule has 5 atom stereocenters. The number of benzene rings is 1. The number of anilines is 1. The Balaban J connectivity index is 1.87. The summed E-state index contributed by atoms with van der Waals surface area (Å²) in [5.41, 5.74) is 23.7. The molecule has 1 aromatic rings. The van der Waals surface area contributed by atoms with Gasteiger partial charge < -0.3 is 49.1 Å². The Bertz CT molecular complexity index is 1420. The predicted molar refractivity (Wildman–Crippen MR) is 198 cm³/mol. The first-order valence-electron chi connectivity index (χ1n) is 18.3. The Morgan fingerprint density at radius 2 is 1.44 bits per heavy atom. The number of rotatable bonds is 18. The van der Waals surface area contributed by atoms with Gasteiger partial charge in [-0.1, -0.05) is 45.2 Å². The van der Waals surface area contributed by atoms with Crippen LogP contribution in [0.2, 0.25) is 0 Å². The van der Waals surface area contributed by atoms with Crippen molar-refractivity contribution in [1.82, 2.24) is 26.2 Å². The first-order chi connectivity index (χ1) is 24.7. The quantitative estimate of drug-likeness (QED) is 0.0435. The van der Waals surface area contributed by atoms with E-state index in [4.69, 9.17) is 22.9 Å². The Labute approximate surface area is 306 Å². The van der Waals surface area contributed by atoms with Crippen molar-refractivity contribution >= 4 is 47.1 Å². The lowest BCUT2D eigenvalue weighted by Gasteiger charge is -2.33. The molecular weight excluding hydrogens is 668 g/mol. The van der Waals surface area contributed by atoms with Gasteiger partial charge in [0.1, 0.15) is 30.2 Å². The van der Waals surface area contributed by atoms with E-state index in [-0.39, 0.29) is 37.2 Å². The van der Waals surface area contributed by atoms with E-state index < -0.39 is 65.7 Å². The summed E-state index contributed by atoms with van der Waals surface area (Å²) in [4.78, 5) is 85.4. The van der Waals surface area contributed by atoms with Crippen LogP contribution in [0.5, 0.6) is 0 Å². The van der Waals surface area contributed by atoms with Crippen molar-refractivity contribution in [3.63, 3.8) is 0 Å². The van der Waals surface area contributed by atoms with Gasteiger partial charge in [0.15, 0.2) is 5.96 Å². The SMILES string of the molecule is CC(=O)N[C@@H](Cc1ccc(N)cc1)C(=O)N[C@H](C(=O)N[C@@H](CCCN=C(N)N)C(=O)N[C@@H](CC(C)C)C(=O)N1CCC[C@H]1C(N)=O)C1CCCCC1. The summed E-state index contributed by atoms with van der Waals surface area (Å²) < 4.78 is 0. The van der Waals surface area contributed by atoms with Gasteiger partial charge in [-0.25, -0.2) is 0 Å². The molecule has 12 N–H and O–H groups in total. The molecule has 0 radical (unpaired) electrons. The van der Waals surface area contributed by atoms with Gasteiger partial charge in [0.25, 0.3) is 0 Å². The number of nitrogens with two attached hydrogens (primary N) is 4. The highest BCUT2D eigenvalue weighted by Gasteiger charge is 2.39. The molecule has 16 nitrogen and oxygen atoms in total. The monoisotopic (exact) mass is 726 g/mol. The molecule has 2 aliphatic rings. The maximum Gasteiger partial charge on any atom is 0.245 e. The second kappa shape index (κ2) is 20.2. The largest absolute Gasteiger partial charge is 0.399 e. The zero-order valence-electron chi connectivity index (χ0n) is 30.7. The van der Waals surface area contributed by atoms with Crippen molar-refractivity contribution in [2.24, 2.45) is 34.0 Å². The summed E-state index contributed by atoms with van der Waals surface area (Å²) in [6.07, 6.45) is 6.08. The molecule has 0 aromatic heterocycles. The Morgan fingerprint density at radius 3 is 2.04 bits per heavy atom. The number of amides is 6. The van der Waals surface area contributed by atoms with Gasteiger partial charge in [-0.05, 0) is 74.5 Å². The number of nitrogens with zero attached hydrogens (tertiary/aromatic N) is 2. The van der Waals surface area contributed by atoms with Gasteiger partial charge in [-0.15, -0.1) is 0 Å². The molecule has 1 saturated heterocycles. The zero-order chi connectivity index (χ0) is 38.4. The topological polar surface area (TPSA) is 270 Å². The molecular formula is C36H58N10O6. The standard InChI is InChI=1S/C36H58N10O6/c1-21(2)19-28(35(52)46-18-8-12-29(46)31(38)48)44-32(49)26(11-7-17-41-36(39)40)43-34(51)30(24-9-5-4-6-10-24)45-33(50)27(42-22(3)47)20-23-13-15-25(37)16-14-23/h13-16,21,24,26-30H,4-12,17-20,37H2,1-3H3,(H2,38,48)(H,42,47)(H,43,51)(H,44,49)(H,45,50)(H4,39,40,41)/t26-,27-,28-,29-,30-/m0/s1. The molecule has 3 rings (SSSR count). The molecule has 52 heavy (non-hydrogen) atoms. The van der Waals surface area contributed by atoms with Crippen molar-refractivity contribution in [1.29, 1.82) is 0 Å². The lowest BCUT2D eigenvalue weighted by molar-refractivity contribution is -0.141. The highest BCUT2D eigenvalue weighted by molar-refractivity contribution is 5.96. The zero-order valence-corrected chi connectivity index (χ0v) is 30.7. The van der Waals surface area contributed by atoms with Crippen LogP contribution in [0.1, 0.15) is 90.5 Å². The number of nitrogens with one attached hydrogen (secondary N) is 4. The third-order valence-corrected chi connectivity index (χ3v) is 9.58. The van der Waals surface area contributed by atoms with Crippen LogP contribution in [0.15, 0.2) is 29.3 Å². The minimum Gasteiger partial charge on any atom is -0.399 e. The van der Waals surface area contributed by atoms with E-state index in [9.17, 15) is 28.8 Å². The summed E-state index contributed by atoms with van der Waals surface area (Å²) in [6, 6.07) is 2.13. The third-order valence-electron chi connectivity index (χ3n) is 9.58. The number of nitrogen functional groups attached to an aromatic ring is 1. The lowest BCUT2D eigenvalue weighted by atomic mass is 9.83. The average Bonchev–Trinajstić information content (AvgIpc) is 3.59. The molecule has 1 saturated carbocycles. The fourth-order valence-corrected chi connectivity index (χ4v) is 6.99. The van der Waals surface area contributed by atoms with Gasteiger partial charge >= 0.3 is 0 Å². The molecule has 6 amide bonds. The summed E-state index contributed by atoms with van der Waals surface area (Å²) in [5.74, 6) is -3.44. The van der Waals surface area contributed by atoms with E-state index in [0.29, 0.717) is 50.8 Å². The lowest BCUT2D eigenvalue weighted by Crippen LogP contribution is -2.60. The molecule has 0 bridgehead atoms. The van der Waals surface area contributed by atoms with Crippen molar-refractivity contribution in [3.05, 3.63) is 29.8 Å². The number of hydrogen-bond acceptors (Lipinski definition) is 8. The van der Waals surface area contributed by atoms with Crippen LogP contribution < -0.4 is 44.2 Å². The smallest absolute Gasteiger partial charge is 0.245 e. The van der Waals surface area contributed by atoms with Crippen LogP contribution in [-0.2, 0) is 35.2 Å². The predicted octanol–water partition coefficient (Wildman–Crippen LogP) is -0.0733. The first-order valence-corrected chi connectivity index (χ1v) is 18.3. The number of carbonyl (C=O) groups excluding carboxylic acids is 6. The number of aliphatic imine (C=N–C) groups is 1. The molecule has 288 valence electrons. The van der Waals surface area contributed by atoms with Crippen LogP contribution in [0, 0.1) is 11.8 Å². The Morgan fingerprint density at radius 1 is 0.808 bits per heavy atom. The Hall–Kier alpha value is -4.89. The van der Waals surface area contributed by atoms with Crippen LogP contribution in [0.25, 0.3) is 0 Å². The number of hydrogen-bond donors (Lipinski definition) is 8. The molecule has 16 heteroatoms. The second-order valence-electron chi connectivity index (χ2n) is 14.4. The number of guanidine groups is 1. The normalized spacial score (nSPS) is 18.4. The van der Waals surface area contributed by atoms with E-state index in [1.807, 2.05) is 13.8 Å². The minimum atomic E-state index is -1.11. The van der Waals surface area contributed by atoms with Gasteiger partial charge in [-0.2, -0.15) is 0 Å². The summed E-state index contributed by atoms with van der Waals surface area (Å²) >= 11 is 0. The van der Waals surface area contributed by atoms with E-state index >= 15 is 0 Å². The average molecular weight is 727 g/mol. The van der Waals surface area contributed by atoms with E-state index in [1.165, 1.54) is 11.8 Å². The van der Waals surface area contributed by atoms with Crippen molar-refractivity contribution < 1.29 is 28.8 Å². The molecule has 0 unspecified atom stereocenters. The number of carbonyl (C=O) groups is 6. The molecule has 1 aromatic carbocycles. The number of primary amides is 1. The maximum absolute atomic E-state index is 14.2. The highest BCUT2D eigenvalue weighted by Crippen LogP contribution is 2.27. The highest BCUT2D eigenvalue weighted by atomic mass is 16.2. The van der Waals surface area contributed by atoms with Gasteiger partial charge in [0.05, 0.1) is 0 Å². The fourth-order valence-electron chi connectivity index (χ4n) is 6.99. The van der Waals surface area contributed by atoms with Crippen molar-refractivity contribution in [2.75, 3.05) is 18.8 Å². The fraction of sp³-hybridized carbons (Fsp3) is 0.639. The van der Waals surface area contributed by atoms with Gasteiger partial charge in [0.2, 0.25) is 35.4 Å². The van der Waals surface area contributed by atoms with Crippen LogP contribution in [-0.4, -0.2) is 89.6 Å². The van der Waals surface area contributed by atoms with Crippen molar-refractivity contribution in [2.45, 2.75) is 122 Å². The molecule has 1 aliphatic carbocycles. The third kappa shape index (κ3) is 13.0. The second-order valence-corrected chi connectivity index (χ2v) is 14.4. The summed E-state index contributed by atoms with van der Waals surface area (Å²) in [7, 11) is 0. The number of likely N-dealkylation sites (tertiary alicyclic amines) is 1. The van der Waals surface area contributed by atoms with Crippen LogP contribution in [0.4, 0.5) is 5.69 Å². The molecule has 1 aliphatic heterocycles. The maximum atomic E-state index is 14.2. The molecule has 1 heterocycles. The molecule has 2 fully saturated rings. The van der Waals surface area contributed by atoms with Crippen LogP contribution >= 0.6 is 0 Å². The van der Waals surface area contributed by atoms with Crippen molar-refractivity contribution in [3.8, 4) is 0 Å². The van der Waals surface area contributed by atoms with Gasteiger partial charge in [-0.3, -0.25) is 33.8 Å². The Kier molecular flexibility index (Phi) is 16.2. The van der Waals surface area contributed by atoms with Gasteiger partial charge in [0, 0.05) is 32.1 Å². The summed E-state index contributed by atoms with van der Waals surface area (Å²) in [6.45, 7) is 5.67. The van der Waals surface area contributed by atoms with E-state index in [2.05, 4.69) is 26.3 Å². The molecule has 0 spiro atoms. The van der Waals surface area contributed by atoms with E-state index in [0.717, 1.165) is 24.8 Å². The van der Waals surface area contributed by atoms with E-state index in [1.54, 1.807) is 24.3 Å². The van der Waals surface area contributed by atoms with Crippen LogP contribution in [0.3, 0.4) is 0 Å². The minimum absolute atomic E-state index is 0.00878. The summed E-state index contributed by atoms with van der Waals surface area (Å²) in [5, 5.41) is 11.3. The first kappa shape index (κ1) is 41.5.